The maximum atomic E-state index is 12.6. The molecule has 0 bridgehead atoms. The number of nitrogens with zero attached hydrogens (tertiary/aromatic N) is 3. The zero-order valence-corrected chi connectivity index (χ0v) is 17.8. The monoisotopic (exact) mass is 467 g/mol. The van der Waals surface area contributed by atoms with Gasteiger partial charge in [0, 0.05) is 0 Å². The van der Waals surface area contributed by atoms with Crippen molar-refractivity contribution < 1.29 is 28.9 Å². The first-order valence-corrected chi connectivity index (χ1v) is 9.48. The smallest absolute Gasteiger partial charge is 0.296 e. The Morgan fingerprint density at radius 2 is 1.18 bits per heavy atom. The third kappa shape index (κ3) is 5.21. The second-order valence-corrected chi connectivity index (χ2v) is 6.60. The number of nitro groups is 2. The number of carbonyl (C=O) groups is 2. The van der Waals surface area contributed by atoms with Crippen LogP contribution >= 0.6 is 0 Å². The van der Waals surface area contributed by atoms with Crippen molar-refractivity contribution in [2.45, 2.75) is 0 Å². The molecule has 13 nitrogen and oxygen atoms in total. The summed E-state index contributed by atoms with van der Waals surface area (Å²) < 4.78 is 9.91. The molecule has 13 heteroatoms. The van der Waals surface area contributed by atoms with Crippen LogP contribution < -0.4 is 20.1 Å². The Bertz CT molecular complexity index is 1200. The van der Waals surface area contributed by atoms with E-state index in [9.17, 15) is 29.8 Å². The van der Waals surface area contributed by atoms with E-state index in [1.807, 2.05) is 0 Å². The lowest BCUT2D eigenvalue weighted by Crippen LogP contribution is -2.19. The summed E-state index contributed by atoms with van der Waals surface area (Å²) in [4.78, 5) is 50.5. The first-order chi connectivity index (χ1) is 16.2. The highest BCUT2D eigenvalue weighted by molar-refractivity contribution is 6.07. The van der Waals surface area contributed by atoms with Gasteiger partial charge in [0.05, 0.1) is 36.2 Å². The van der Waals surface area contributed by atoms with Gasteiger partial charge >= 0.3 is 0 Å². The minimum atomic E-state index is -0.807. The molecule has 34 heavy (non-hydrogen) atoms. The molecule has 0 spiro atoms. The fourth-order valence-electron chi connectivity index (χ4n) is 2.85. The van der Waals surface area contributed by atoms with Gasteiger partial charge in [-0.25, -0.2) is 4.98 Å². The van der Waals surface area contributed by atoms with Crippen LogP contribution in [0.5, 0.6) is 11.5 Å². The number of nitrogens with one attached hydrogen (secondary N) is 2. The molecule has 0 unspecified atom stereocenters. The summed E-state index contributed by atoms with van der Waals surface area (Å²) in [6, 6.07) is 11.7. The predicted octanol–water partition coefficient (Wildman–Crippen LogP) is 3.42. The molecule has 0 atom stereocenters. The Morgan fingerprint density at radius 3 is 1.53 bits per heavy atom. The van der Waals surface area contributed by atoms with Crippen molar-refractivity contribution >= 4 is 34.6 Å². The van der Waals surface area contributed by atoms with Gasteiger partial charge < -0.3 is 20.1 Å². The van der Waals surface area contributed by atoms with Crippen molar-refractivity contribution in [3.8, 4) is 11.5 Å². The number of rotatable bonds is 8. The maximum absolute atomic E-state index is 12.6. The van der Waals surface area contributed by atoms with Crippen LogP contribution in [-0.4, -0.2) is 40.9 Å². The zero-order valence-electron chi connectivity index (χ0n) is 17.8. The van der Waals surface area contributed by atoms with Crippen molar-refractivity contribution in [3.63, 3.8) is 0 Å². The fraction of sp³-hybridized carbons (Fsp3) is 0.0952. The van der Waals surface area contributed by atoms with Gasteiger partial charge in [-0.05, 0) is 36.4 Å². The number of amides is 2. The standard InChI is InChI=1S/C21H17N5O8/c1-33-12-6-8-14(18(10-12)25(29)30)23-20(27)16-4-3-5-17(22-16)21(28)24-15-9-7-13(34-2)11-19(15)26(31)32/h3-11H,1-2H3,(H,23,27)(H,24,28). The molecule has 1 aromatic heterocycles. The average molecular weight is 467 g/mol. The molecule has 2 N–H and O–H groups in total. The van der Waals surface area contributed by atoms with E-state index in [-0.39, 0.29) is 34.3 Å². The number of anilines is 2. The van der Waals surface area contributed by atoms with E-state index in [0.29, 0.717) is 0 Å². The molecule has 0 fully saturated rings. The van der Waals surface area contributed by atoms with Crippen LogP contribution in [0.4, 0.5) is 22.7 Å². The molecule has 3 rings (SSSR count). The van der Waals surface area contributed by atoms with E-state index in [4.69, 9.17) is 9.47 Å². The Balaban J connectivity index is 1.83. The number of benzene rings is 2. The van der Waals surface area contributed by atoms with Crippen LogP contribution in [0.15, 0.2) is 54.6 Å². The molecule has 0 saturated heterocycles. The van der Waals surface area contributed by atoms with Crippen LogP contribution in [0, 0.1) is 20.2 Å². The zero-order chi connectivity index (χ0) is 24.8. The Labute approximate surface area is 191 Å². The molecule has 0 aliphatic carbocycles. The van der Waals surface area contributed by atoms with Crippen LogP contribution in [-0.2, 0) is 0 Å². The van der Waals surface area contributed by atoms with Crippen molar-refractivity contribution in [3.05, 3.63) is 86.2 Å². The van der Waals surface area contributed by atoms with Crippen molar-refractivity contribution in [1.82, 2.24) is 4.98 Å². The lowest BCUT2D eigenvalue weighted by Gasteiger charge is -2.09. The summed E-state index contributed by atoms with van der Waals surface area (Å²) in [5, 5.41) is 27.4. The van der Waals surface area contributed by atoms with Gasteiger partial charge in [-0.15, -0.1) is 0 Å². The molecule has 0 saturated carbocycles. The highest BCUT2D eigenvalue weighted by Crippen LogP contribution is 2.30. The maximum Gasteiger partial charge on any atom is 0.296 e. The first-order valence-electron chi connectivity index (χ1n) is 9.48. The predicted molar refractivity (Wildman–Crippen MR) is 119 cm³/mol. The SMILES string of the molecule is COc1ccc(NC(=O)c2cccc(C(=O)Nc3ccc(OC)cc3[N+](=O)[O-])n2)c([N+](=O)[O-])c1. The molecule has 3 aromatic rings. The van der Waals surface area contributed by atoms with Crippen molar-refractivity contribution in [2.75, 3.05) is 24.9 Å². The largest absolute Gasteiger partial charge is 0.496 e. The molecule has 2 amide bonds. The van der Waals surface area contributed by atoms with E-state index in [2.05, 4.69) is 15.6 Å². The fourth-order valence-corrected chi connectivity index (χ4v) is 2.85. The average Bonchev–Trinajstić information content (AvgIpc) is 2.84. The molecule has 1 heterocycles. The van der Waals surface area contributed by atoms with E-state index >= 15 is 0 Å². The second kappa shape index (κ2) is 10.0. The summed E-state index contributed by atoms with van der Waals surface area (Å²) in [7, 11) is 2.69. The summed E-state index contributed by atoms with van der Waals surface area (Å²) in [6.07, 6.45) is 0. The number of aromatic nitrogens is 1. The first kappa shape index (κ1) is 23.6. The minimum Gasteiger partial charge on any atom is -0.496 e. The number of nitro benzene ring substituents is 2. The summed E-state index contributed by atoms with van der Waals surface area (Å²) in [5.74, 6) is -1.15. The number of hydrogen-bond donors (Lipinski definition) is 2. The topological polar surface area (TPSA) is 176 Å². The number of hydrogen-bond acceptors (Lipinski definition) is 9. The van der Waals surface area contributed by atoms with E-state index in [0.717, 1.165) is 12.1 Å². The van der Waals surface area contributed by atoms with Crippen molar-refractivity contribution in [1.29, 1.82) is 0 Å². The Kier molecular flexibility index (Phi) is 6.96. The molecular formula is C21H17N5O8. The van der Waals surface area contributed by atoms with E-state index in [1.165, 1.54) is 56.7 Å². The lowest BCUT2D eigenvalue weighted by molar-refractivity contribution is -0.384. The number of carbonyl (C=O) groups excluding carboxylic acids is 2. The van der Waals surface area contributed by atoms with Crippen LogP contribution in [0.3, 0.4) is 0 Å². The van der Waals surface area contributed by atoms with Gasteiger partial charge in [0.25, 0.3) is 23.2 Å². The van der Waals surface area contributed by atoms with Crippen molar-refractivity contribution in [2.24, 2.45) is 0 Å². The third-order valence-corrected chi connectivity index (χ3v) is 4.51. The van der Waals surface area contributed by atoms with Crippen LogP contribution in [0.2, 0.25) is 0 Å². The number of ether oxygens (including phenoxy) is 2. The highest BCUT2D eigenvalue weighted by atomic mass is 16.6. The molecule has 174 valence electrons. The van der Waals surface area contributed by atoms with Gasteiger partial charge in [-0.1, -0.05) is 6.07 Å². The van der Waals surface area contributed by atoms with Gasteiger partial charge in [-0.2, -0.15) is 0 Å². The molecule has 0 aliphatic heterocycles. The lowest BCUT2D eigenvalue weighted by atomic mass is 10.2. The third-order valence-electron chi connectivity index (χ3n) is 4.51. The molecule has 0 aliphatic rings. The van der Waals surface area contributed by atoms with E-state index in [1.54, 1.807) is 0 Å². The van der Waals surface area contributed by atoms with E-state index < -0.39 is 33.0 Å². The van der Waals surface area contributed by atoms with Crippen LogP contribution in [0.25, 0.3) is 0 Å². The summed E-state index contributed by atoms with van der Waals surface area (Å²) in [6.45, 7) is 0. The molecular weight excluding hydrogens is 450 g/mol. The highest BCUT2D eigenvalue weighted by Gasteiger charge is 2.21. The molecule has 2 aromatic carbocycles. The van der Waals surface area contributed by atoms with Gasteiger partial charge in [0.15, 0.2) is 0 Å². The number of pyridine rings is 1. The molecule has 0 radical (unpaired) electrons. The quantitative estimate of drug-likeness (QED) is 0.371. The van der Waals surface area contributed by atoms with Gasteiger partial charge in [0.2, 0.25) is 0 Å². The van der Waals surface area contributed by atoms with Gasteiger partial charge in [-0.3, -0.25) is 29.8 Å². The Morgan fingerprint density at radius 1 is 0.765 bits per heavy atom. The summed E-state index contributed by atoms with van der Waals surface area (Å²) in [5.41, 5.74) is -1.39. The number of methoxy groups -OCH3 is 2. The Hall–Kier alpha value is -5.07. The minimum absolute atomic E-state index is 0.0960. The van der Waals surface area contributed by atoms with Crippen LogP contribution in [0.1, 0.15) is 21.0 Å². The second-order valence-electron chi connectivity index (χ2n) is 6.60. The summed E-state index contributed by atoms with van der Waals surface area (Å²) >= 11 is 0. The normalized spacial score (nSPS) is 10.2. The van der Waals surface area contributed by atoms with Gasteiger partial charge in [0.1, 0.15) is 34.3 Å².